The molecule has 3 rings (SSSR count). The fraction of sp³-hybridized carbons (Fsp3) is 0.188. The Bertz CT molecular complexity index is 848. The molecule has 3 aromatic rings. The van der Waals surface area contributed by atoms with E-state index in [4.69, 9.17) is 0 Å². The molecule has 0 fully saturated rings. The summed E-state index contributed by atoms with van der Waals surface area (Å²) in [5.74, 6) is 0. The minimum Gasteiger partial charge on any atom is -0.318 e. The molecule has 0 aliphatic heterocycles. The van der Waals surface area contributed by atoms with Crippen LogP contribution < -0.4 is 10.5 Å². The van der Waals surface area contributed by atoms with Crippen LogP contribution in [-0.2, 0) is 0 Å². The summed E-state index contributed by atoms with van der Waals surface area (Å²) in [6, 6.07) is 11.5. The van der Waals surface area contributed by atoms with E-state index in [9.17, 15) is 4.79 Å². The quantitative estimate of drug-likeness (QED) is 0.679. The molecule has 2 heterocycles. The van der Waals surface area contributed by atoms with Crippen molar-refractivity contribution in [2.75, 3.05) is 11.4 Å². The van der Waals surface area contributed by atoms with Gasteiger partial charge in [0.1, 0.15) is 4.83 Å². The van der Waals surface area contributed by atoms with Crippen LogP contribution in [0.15, 0.2) is 51.9 Å². The normalized spacial score (nSPS) is 10.8. The average Bonchev–Trinajstić information content (AvgIpc) is 2.54. The monoisotopic (exact) mass is 375 g/mol. The Morgan fingerprint density at radius 2 is 2.00 bits per heavy atom. The number of nitrogens with zero attached hydrogens (tertiary/aromatic N) is 3. The van der Waals surface area contributed by atoms with E-state index in [1.54, 1.807) is 18.3 Å². The van der Waals surface area contributed by atoms with Gasteiger partial charge < -0.3 is 4.90 Å². The minimum absolute atomic E-state index is 0.227. The van der Waals surface area contributed by atoms with Crippen molar-refractivity contribution in [2.45, 2.75) is 13.3 Å². The van der Waals surface area contributed by atoms with Crippen LogP contribution in [0.5, 0.6) is 0 Å². The lowest BCUT2D eigenvalue weighted by molar-refractivity contribution is 0.878. The minimum atomic E-state index is -0.227. The maximum atomic E-state index is 12.2. The van der Waals surface area contributed by atoms with Crippen LogP contribution >= 0.6 is 27.3 Å². The van der Waals surface area contributed by atoms with E-state index in [1.165, 1.54) is 11.3 Å². The van der Waals surface area contributed by atoms with Gasteiger partial charge in [-0.15, -0.1) is 0 Å². The van der Waals surface area contributed by atoms with Gasteiger partial charge in [-0.1, -0.05) is 34.2 Å². The summed E-state index contributed by atoms with van der Waals surface area (Å²) in [4.78, 5) is 23.5. The summed E-state index contributed by atoms with van der Waals surface area (Å²) in [5, 5.41) is 1.25. The summed E-state index contributed by atoms with van der Waals surface area (Å²) in [5.41, 5.74) is 0.790. The smallest absolute Gasteiger partial charge is 0.282 e. The van der Waals surface area contributed by atoms with E-state index in [2.05, 4.69) is 37.7 Å². The third kappa shape index (κ3) is 3.03. The van der Waals surface area contributed by atoms with Crippen LogP contribution in [-0.4, -0.2) is 16.5 Å². The molecular formula is C16H14BrN3OS. The molecule has 0 spiro atoms. The van der Waals surface area contributed by atoms with Crippen molar-refractivity contribution in [3.05, 3.63) is 57.4 Å². The topological polar surface area (TPSA) is 46.1 Å². The SMILES string of the molecule is CCCN(c1ccc(Br)cc1)c1nc(=O)c2cccnc2s1. The standard InChI is InChI=1S/C16H14BrN3OS/c1-2-10-20(12-7-5-11(17)6-8-12)16-19-14(21)13-4-3-9-18-15(13)22-16/h3-9H,2,10H2,1H3. The Hall–Kier alpha value is -1.79. The van der Waals surface area contributed by atoms with E-state index in [0.717, 1.165) is 28.0 Å². The van der Waals surface area contributed by atoms with E-state index < -0.39 is 0 Å². The molecular weight excluding hydrogens is 362 g/mol. The first-order valence-corrected chi connectivity index (χ1v) is 8.59. The zero-order chi connectivity index (χ0) is 15.5. The number of pyridine rings is 1. The number of rotatable bonds is 4. The van der Waals surface area contributed by atoms with E-state index in [-0.39, 0.29) is 5.56 Å². The van der Waals surface area contributed by atoms with Crippen molar-refractivity contribution < 1.29 is 0 Å². The molecule has 0 unspecified atom stereocenters. The molecule has 0 aliphatic carbocycles. The number of anilines is 2. The van der Waals surface area contributed by atoms with Gasteiger partial charge in [0.05, 0.1) is 5.39 Å². The fourth-order valence-electron chi connectivity index (χ4n) is 2.19. The van der Waals surface area contributed by atoms with Gasteiger partial charge in [-0.25, -0.2) is 4.98 Å². The van der Waals surface area contributed by atoms with Crippen LogP contribution in [0, 0.1) is 0 Å². The predicted octanol–water partition coefficient (Wildman–Crippen LogP) is 4.36. The first-order chi connectivity index (χ1) is 10.7. The van der Waals surface area contributed by atoms with Gasteiger partial charge in [0.2, 0.25) is 0 Å². The highest BCUT2D eigenvalue weighted by atomic mass is 79.9. The fourth-order valence-corrected chi connectivity index (χ4v) is 3.44. The number of benzene rings is 1. The van der Waals surface area contributed by atoms with Gasteiger partial charge in [0.15, 0.2) is 5.13 Å². The largest absolute Gasteiger partial charge is 0.318 e. The highest BCUT2D eigenvalue weighted by Crippen LogP contribution is 2.29. The summed E-state index contributed by atoms with van der Waals surface area (Å²) < 4.78 is 1.02. The summed E-state index contributed by atoms with van der Waals surface area (Å²) >= 11 is 4.88. The first kappa shape index (κ1) is 15.1. The van der Waals surface area contributed by atoms with Gasteiger partial charge in [-0.05, 0) is 42.8 Å². The van der Waals surface area contributed by atoms with Gasteiger partial charge in [-0.3, -0.25) is 4.79 Å². The third-order valence-electron chi connectivity index (χ3n) is 3.20. The Kier molecular flexibility index (Phi) is 4.49. The second kappa shape index (κ2) is 6.54. The number of halogens is 1. The van der Waals surface area contributed by atoms with Crippen molar-refractivity contribution >= 4 is 48.3 Å². The van der Waals surface area contributed by atoms with Gasteiger partial charge in [-0.2, -0.15) is 4.98 Å². The molecule has 0 atom stereocenters. The first-order valence-electron chi connectivity index (χ1n) is 6.98. The molecule has 0 saturated carbocycles. The maximum Gasteiger partial charge on any atom is 0.282 e. The number of hydrogen-bond acceptors (Lipinski definition) is 5. The van der Waals surface area contributed by atoms with Crippen LogP contribution in [0.1, 0.15) is 13.3 Å². The molecule has 2 aromatic heterocycles. The molecule has 6 heteroatoms. The summed E-state index contributed by atoms with van der Waals surface area (Å²) in [6.45, 7) is 2.90. The van der Waals surface area contributed by atoms with Gasteiger partial charge in [0.25, 0.3) is 5.56 Å². The molecule has 0 radical (unpaired) electrons. The predicted molar refractivity (Wildman–Crippen MR) is 95.1 cm³/mol. The molecule has 0 bridgehead atoms. The molecule has 1 aromatic carbocycles. The summed E-state index contributed by atoms with van der Waals surface area (Å²) in [6.07, 6.45) is 2.66. The zero-order valence-electron chi connectivity index (χ0n) is 12.0. The van der Waals surface area contributed by atoms with E-state index in [1.807, 2.05) is 24.3 Å². The molecule has 0 aliphatic rings. The number of hydrogen-bond donors (Lipinski definition) is 0. The van der Waals surface area contributed by atoms with Crippen molar-refractivity contribution in [1.29, 1.82) is 0 Å². The van der Waals surface area contributed by atoms with Gasteiger partial charge in [0, 0.05) is 22.9 Å². The van der Waals surface area contributed by atoms with Crippen LogP contribution in [0.4, 0.5) is 10.8 Å². The number of aromatic nitrogens is 2. The Morgan fingerprint density at radius 1 is 1.23 bits per heavy atom. The average molecular weight is 376 g/mol. The Morgan fingerprint density at radius 3 is 2.73 bits per heavy atom. The lowest BCUT2D eigenvalue weighted by Gasteiger charge is -2.22. The zero-order valence-corrected chi connectivity index (χ0v) is 14.4. The maximum absolute atomic E-state index is 12.2. The molecule has 0 saturated heterocycles. The Labute approximate surface area is 140 Å². The van der Waals surface area contributed by atoms with Crippen molar-refractivity contribution in [3.63, 3.8) is 0 Å². The van der Waals surface area contributed by atoms with Crippen molar-refractivity contribution in [3.8, 4) is 0 Å². The van der Waals surface area contributed by atoms with Crippen LogP contribution in [0.25, 0.3) is 10.2 Å². The van der Waals surface area contributed by atoms with Crippen molar-refractivity contribution in [1.82, 2.24) is 9.97 Å². The molecule has 0 amide bonds. The van der Waals surface area contributed by atoms with Gasteiger partial charge >= 0.3 is 0 Å². The second-order valence-corrected chi connectivity index (χ2v) is 6.66. The summed E-state index contributed by atoms with van der Waals surface area (Å²) in [7, 11) is 0. The third-order valence-corrected chi connectivity index (χ3v) is 4.74. The molecule has 0 N–H and O–H groups in total. The van der Waals surface area contributed by atoms with Crippen LogP contribution in [0.3, 0.4) is 0 Å². The highest BCUT2D eigenvalue weighted by Gasteiger charge is 2.14. The molecule has 4 nitrogen and oxygen atoms in total. The second-order valence-electron chi connectivity index (χ2n) is 4.79. The van der Waals surface area contributed by atoms with E-state index >= 15 is 0 Å². The highest BCUT2D eigenvalue weighted by molar-refractivity contribution is 9.10. The Balaban J connectivity index is 2.12. The van der Waals surface area contributed by atoms with Crippen LogP contribution in [0.2, 0.25) is 0 Å². The molecule has 112 valence electrons. The lowest BCUT2D eigenvalue weighted by atomic mass is 10.3. The van der Waals surface area contributed by atoms with Crippen molar-refractivity contribution in [2.24, 2.45) is 0 Å². The number of fused-ring (bicyclic) bond motifs is 1. The van der Waals surface area contributed by atoms with E-state index in [0.29, 0.717) is 10.5 Å². The lowest BCUT2D eigenvalue weighted by Crippen LogP contribution is -2.21. The molecule has 22 heavy (non-hydrogen) atoms.